The summed E-state index contributed by atoms with van der Waals surface area (Å²) in [4.78, 5) is 34.0. The lowest BCUT2D eigenvalue weighted by atomic mass is 9.95. The van der Waals surface area contributed by atoms with Crippen LogP contribution in [0.4, 0.5) is 0 Å². The summed E-state index contributed by atoms with van der Waals surface area (Å²) in [7, 11) is 0. The Balaban J connectivity index is 0.000000399. The van der Waals surface area contributed by atoms with E-state index in [2.05, 4.69) is 53.8 Å². The highest BCUT2D eigenvalue weighted by Gasteiger charge is 2.07. The molecule has 0 spiro atoms. The van der Waals surface area contributed by atoms with Crippen LogP contribution in [0, 0.1) is 10.7 Å². The van der Waals surface area contributed by atoms with Gasteiger partial charge in [-0.15, -0.1) is 0 Å². The van der Waals surface area contributed by atoms with Gasteiger partial charge in [0.05, 0.1) is 20.4 Å². The molecule has 1 unspecified atom stereocenters. The topological polar surface area (TPSA) is 74.6 Å². The first-order valence-corrected chi connectivity index (χ1v) is 16.5. The second-order valence-corrected chi connectivity index (χ2v) is 12.7. The van der Waals surface area contributed by atoms with Crippen molar-refractivity contribution in [2.24, 2.45) is 0 Å². The minimum atomic E-state index is -0.280. The maximum Gasteiger partial charge on any atom is 0.325 e. The highest BCUT2D eigenvalue weighted by Crippen LogP contribution is 2.23. The molecule has 2 aromatic rings. The Morgan fingerprint density at radius 3 is 2.00 bits per heavy atom. The molecule has 9 heteroatoms. The molecule has 0 aliphatic rings. The third kappa shape index (κ3) is 15.8. The van der Waals surface area contributed by atoms with Crippen LogP contribution in [0.2, 0.25) is 0 Å². The van der Waals surface area contributed by atoms with E-state index in [-0.39, 0.29) is 23.9 Å². The summed E-state index contributed by atoms with van der Waals surface area (Å²) in [6.45, 7) is 7.20. The fourth-order valence-corrected chi connectivity index (χ4v) is 5.85. The van der Waals surface area contributed by atoms with E-state index in [0.29, 0.717) is 32.7 Å². The van der Waals surface area contributed by atoms with Crippen LogP contribution in [0.5, 0.6) is 0 Å². The normalized spacial score (nSPS) is 11.3. The molecule has 0 radical (unpaired) electrons. The van der Waals surface area contributed by atoms with Gasteiger partial charge in [-0.05, 0) is 118 Å². The third-order valence-corrected chi connectivity index (χ3v) is 8.04. The molecule has 2 rings (SSSR count). The Hall–Kier alpha value is -0.700. The van der Waals surface area contributed by atoms with Crippen molar-refractivity contribution in [3.63, 3.8) is 0 Å². The van der Waals surface area contributed by atoms with Gasteiger partial charge in [0, 0.05) is 22.4 Å². The highest BCUT2D eigenvalue weighted by atomic mass is 127. The largest absolute Gasteiger partial charge is 0.466 e. The molecule has 38 heavy (non-hydrogen) atoms. The van der Waals surface area contributed by atoms with E-state index < -0.39 is 0 Å². The lowest BCUT2D eigenvalue weighted by Crippen LogP contribution is -2.19. The molecular formula is C29H40I3NO5. The van der Waals surface area contributed by atoms with E-state index in [9.17, 15) is 14.4 Å². The van der Waals surface area contributed by atoms with Gasteiger partial charge in [0.25, 0.3) is 0 Å². The Labute approximate surface area is 268 Å². The predicted molar refractivity (Wildman–Crippen MR) is 179 cm³/mol. The van der Waals surface area contributed by atoms with Gasteiger partial charge in [-0.25, -0.2) is 0 Å². The number of halogens is 3. The zero-order valence-corrected chi connectivity index (χ0v) is 29.1. The van der Waals surface area contributed by atoms with E-state index in [4.69, 9.17) is 9.47 Å². The molecule has 0 bridgehead atoms. The Morgan fingerprint density at radius 2 is 1.42 bits per heavy atom. The number of hydrogen-bond donors (Lipinski definition) is 0. The van der Waals surface area contributed by atoms with Crippen LogP contribution >= 0.6 is 67.8 Å². The average molecular weight is 863 g/mol. The molecule has 1 aromatic carbocycles. The molecule has 0 saturated carbocycles. The second-order valence-electron chi connectivity index (χ2n) is 9.09. The summed E-state index contributed by atoms with van der Waals surface area (Å²) in [5.74, 6) is 0.326. The first kappa shape index (κ1) is 35.3. The first-order chi connectivity index (χ1) is 18.2. The highest BCUT2D eigenvalue weighted by molar-refractivity contribution is 14.1. The molecule has 1 heterocycles. The van der Waals surface area contributed by atoms with Gasteiger partial charge in [0.1, 0.15) is 6.54 Å². The maximum absolute atomic E-state index is 11.4. The molecule has 0 fully saturated rings. The number of ether oxygens (including phenoxy) is 2. The number of benzene rings is 1. The lowest BCUT2D eigenvalue weighted by Gasteiger charge is -2.11. The standard InChI is InChI=1S/C19H29IO2.C10H11I2NO3/c1-3-22-19(21)11-9-7-5-4-6-8-10-16(2)17-12-14-18(20)15-13-17;1-2-3-16-9(14)6-13-4-7(11)10(15)8(12)5-13/h12-16H,3-11H2,1-2H3;4-5H,2-3,6H2,1H3. The molecule has 6 nitrogen and oxygen atoms in total. The molecular weight excluding hydrogens is 823 g/mol. The van der Waals surface area contributed by atoms with Crippen molar-refractivity contribution in [1.82, 2.24) is 4.57 Å². The zero-order valence-electron chi connectivity index (χ0n) is 22.6. The van der Waals surface area contributed by atoms with Crippen LogP contribution in [0.15, 0.2) is 41.5 Å². The second kappa shape index (κ2) is 21.1. The summed E-state index contributed by atoms with van der Waals surface area (Å²) >= 11 is 6.27. The number of hydrogen-bond acceptors (Lipinski definition) is 5. The van der Waals surface area contributed by atoms with Gasteiger partial charge in [-0.3, -0.25) is 14.4 Å². The van der Waals surface area contributed by atoms with Crippen molar-refractivity contribution in [1.29, 1.82) is 0 Å². The Bertz CT molecular complexity index is 998. The van der Waals surface area contributed by atoms with Crippen LogP contribution < -0.4 is 5.43 Å². The van der Waals surface area contributed by atoms with Crippen LogP contribution in [-0.2, 0) is 25.6 Å². The fourth-order valence-electron chi connectivity index (χ4n) is 3.68. The van der Waals surface area contributed by atoms with Gasteiger partial charge in [-0.2, -0.15) is 0 Å². The number of esters is 2. The molecule has 0 amide bonds. The molecule has 0 aliphatic carbocycles. The van der Waals surface area contributed by atoms with Crippen molar-refractivity contribution in [3.05, 3.63) is 63.2 Å². The van der Waals surface area contributed by atoms with Gasteiger partial charge in [0.15, 0.2) is 0 Å². The Kier molecular flexibility index (Phi) is 19.6. The van der Waals surface area contributed by atoms with E-state index in [0.717, 1.165) is 19.3 Å². The zero-order chi connectivity index (χ0) is 28.3. The van der Waals surface area contributed by atoms with Gasteiger partial charge >= 0.3 is 11.9 Å². The predicted octanol–water partition coefficient (Wildman–Crippen LogP) is 8.09. The van der Waals surface area contributed by atoms with Crippen molar-refractivity contribution in [2.75, 3.05) is 13.2 Å². The van der Waals surface area contributed by atoms with Crippen LogP contribution in [0.1, 0.15) is 90.0 Å². The number of carbonyl (C=O) groups excluding carboxylic acids is 2. The molecule has 1 atom stereocenters. The van der Waals surface area contributed by atoms with Gasteiger partial charge in [-0.1, -0.05) is 58.1 Å². The minimum Gasteiger partial charge on any atom is -0.466 e. The molecule has 0 N–H and O–H groups in total. The van der Waals surface area contributed by atoms with E-state index in [1.54, 1.807) is 17.0 Å². The maximum atomic E-state index is 11.4. The number of aromatic nitrogens is 1. The smallest absolute Gasteiger partial charge is 0.325 e. The van der Waals surface area contributed by atoms with Crippen LogP contribution in [0.25, 0.3) is 0 Å². The van der Waals surface area contributed by atoms with Crippen molar-refractivity contribution < 1.29 is 19.1 Å². The average Bonchev–Trinajstić information content (AvgIpc) is 2.88. The molecule has 0 saturated heterocycles. The number of unbranched alkanes of at least 4 members (excludes halogenated alkanes) is 5. The van der Waals surface area contributed by atoms with Crippen LogP contribution in [-0.4, -0.2) is 29.7 Å². The first-order valence-electron chi connectivity index (χ1n) is 13.3. The van der Waals surface area contributed by atoms with Crippen molar-refractivity contribution >= 4 is 79.7 Å². The van der Waals surface area contributed by atoms with Crippen molar-refractivity contribution in [2.45, 2.75) is 91.0 Å². The number of pyridine rings is 1. The fraction of sp³-hybridized carbons (Fsp3) is 0.552. The van der Waals surface area contributed by atoms with Gasteiger partial charge < -0.3 is 14.0 Å². The van der Waals surface area contributed by atoms with Crippen LogP contribution in [0.3, 0.4) is 0 Å². The molecule has 212 valence electrons. The summed E-state index contributed by atoms with van der Waals surface area (Å²) in [5, 5.41) is 0. The van der Waals surface area contributed by atoms with Gasteiger partial charge in [0.2, 0.25) is 5.43 Å². The summed E-state index contributed by atoms with van der Waals surface area (Å²) < 4.78 is 14.1. The number of carbonyl (C=O) groups is 2. The summed E-state index contributed by atoms with van der Waals surface area (Å²) in [5.41, 5.74) is 1.45. The quantitative estimate of drug-likeness (QED) is 0.103. The number of nitrogens with zero attached hydrogens (tertiary/aromatic N) is 1. The summed E-state index contributed by atoms with van der Waals surface area (Å²) in [6, 6.07) is 8.88. The molecule has 1 aromatic heterocycles. The number of rotatable bonds is 15. The molecule has 0 aliphatic heterocycles. The lowest BCUT2D eigenvalue weighted by molar-refractivity contribution is -0.144. The summed E-state index contributed by atoms with van der Waals surface area (Å²) in [6.07, 6.45) is 13.2. The monoisotopic (exact) mass is 863 g/mol. The minimum absolute atomic E-state index is 0.000578. The Morgan fingerprint density at radius 1 is 0.842 bits per heavy atom. The van der Waals surface area contributed by atoms with E-state index in [1.807, 2.05) is 59.0 Å². The SMILES string of the molecule is CCCOC(=O)Cn1cc(I)c(=O)c(I)c1.CCOC(=O)CCCCCCCCC(C)c1ccc(I)cc1. The van der Waals surface area contributed by atoms with E-state index >= 15 is 0 Å². The third-order valence-electron chi connectivity index (χ3n) is 5.78. The van der Waals surface area contributed by atoms with Crippen molar-refractivity contribution in [3.8, 4) is 0 Å². The van der Waals surface area contributed by atoms with E-state index in [1.165, 1.54) is 41.2 Å².